The van der Waals surface area contributed by atoms with E-state index in [1.165, 1.54) is 24.1 Å². The minimum atomic E-state index is 0.534. The lowest BCUT2D eigenvalue weighted by atomic mass is 9.77. The summed E-state index contributed by atoms with van der Waals surface area (Å²) in [4.78, 5) is 6.92. The fraction of sp³-hybridized carbons (Fsp3) is 0.458. The molecule has 0 radical (unpaired) electrons. The molecular weight excluding hydrogens is 398 g/mol. The van der Waals surface area contributed by atoms with Crippen LogP contribution in [0.25, 0.3) is 0 Å². The zero-order valence-corrected chi connectivity index (χ0v) is 18.0. The number of hydroxylamine groups is 1. The standard InChI is InChI=1S/C24H30ClN3O2/c25-21-2-1-3-22(17-21)26-24(27-29)16-18-4-6-19(7-5-18)20-8-10-23(11-9-20)28-12-14-30-15-13-28/h1-3,8-11,17-19,29H,4-7,12-16H2,(H,26,27). The number of benzene rings is 2. The van der Waals surface area contributed by atoms with Gasteiger partial charge in [0.1, 0.15) is 5.84 Å². The molecule has 0 spiro atoms. The number of ether oxygens (including phenoxy) is 1. The van der Waals surface area contributed by atoms with Crippen LogP contribution >= 0.6 is 11.6 Å². The van der Waals surface area contributed by atoms with Gasteiger partial charge in [0.25, 0.3) is 0 Å². The van der Waals surface area contributed by atoms with Gasteiger partial charge in [-0.15, -0.1) is 0 Å². The summed E-state index contributed by atoms with van der Waals surface area (Å²) in [5.74, 6) is 1.76. The SMILES string of the molecule is ONC(CC1CCC(c2ccc(N3CCOCC3)cc2)CC1)=Nc1cccc(Cl)c1. The van der Waals surface area contributed by atoms with Gasteiger partial charge in [0, 0.05) is 30.2 Å². The number of hydrogen-bond acceptors (Lipinski definition) is 4. The van der Waals surface area contributed by atoms with E-state index in [0.717, 1.165) is 51.3 Å². The molecule has 2 N–H and O–H groups in total. The second-order valence-electron chi connectivity index (χ2n) is 8.26. The van der Waals surface area contributed by atoms with Crippen LogP contribution < -0.4 is 10.4 Å². The predicted molar refractivity (Wildman–Crippen MR) is 122 cm³/mol. The lowest BCUT2D eigenvalue weighted by Crippen LogP contribution is -2.36. The highest BCUT2D eigenvalue weighted by Gasteiger charge is 2.24. The molecular formula is C24H30ClN3O2. The molecule has 0 unspecified atom stereocenters. The van der Waals surface area contributed by atoms with Gasteiger partial charge in [-0.2, -0.15) is 0 Å². The van der Waals surface area contributed by atoms with E-state index in [1.54, 1.807) is 6.07 Å². The zero-order chi connectivity index (χ0) is 20.8. The quantitative estimate of drug-likeness (QED) is 0.373. The Labute approximate surface area is 183 Å². The van der Waals surface area contributed by atoms with Crippen LogP contribution in [0.3, 0.4) is 0 Å². The summed E-state index contributed by atoms with van der Waals surface area (Å²) in [5, 5.41) is 10.2. The first-order chi connectivity index (χ1) is 14.7. The largest absolute Gasteiger partial charge is 0.378 e. The average Bonchev–Trinajstić information content (AvgIpc) is 2.80. The highest BCUT2D eigenvalue weighted by molar-refractivity contribution is 6.30. The molecule has 5 nitrogen and oxygen atoms in total. The van der Waals surface area contributed by atoms with Gasteiger partial charge in [-0.25, -0.2) is 4.99 Å². The Bertz CT molecular complexity index is 842. The Hall–Kier alpha value is -2.08. The Morgan fingerprint density at radius 1 is 1.07 bits per heavy atom. The van der Waals surface area contributed by atoms with Crippen molar-refractivity contribution in [2.45, 2.75) is 38.0 Å². The van der Waals surface area contributed by atoms with Crippen molar-refractivity contribution in [2.75, 3.05) is 31.2 Å². The van der Waals surface area contributed by atoms with Crippen LogP contribution in [0.5, 0.6) is 0 Å². The Morgan fingerprint density at radius 2 is 1.80 bits per heavy atom. The molecule has 0 aromatic heterocycles. The summed E-state index contributed by atoms with van der Waals surface area (Å²) < 4.78 is 5.45. The van der Waals surface area contributed by atoms with Crippen LogP contribution in [0.1, 0.15) is 43.6 Å². The van der Waals surface area contributed by atoms with E-state index in [4.69, 9.17) is 16.3 Å². The highest BCUT2D eigenvalue weighted by atomic mass is 35.5. The van der Waals surface area contributed by atoms with Gasteiger partial charge in [0.05, 0.1) is 18.9 Å². The van der Waals surface area contributed by atoms with Gasteiger partial charge in [-0.1, -0.05) is 29.8 Å². The lowest BCUT2D eigenvalue weighted by molar-refractivity contribution is 0.122. The highest BCUT2D eigenvalue weighted by Crippen LogP contribution is 2.37. The fourth-order valence-electron chi connectivity index (χ4n) is 4.57. The van der Waals surface area contributed by atoms with Gasteiger partial charge in [-0.3, -0.25) is 10.7 Å². The van der Waals surface area contributed by atoms with Crippen molar-refractivity contribution in [3.8, 4) is 0 Å². The number of aliphatic imine (C=N–C) groups is 1. The topological polar surface area (TPSA) is 57.1 Å². The molecule has 2 fully saturated rings. The third kappa shape index (κ3) is 5.54. The monoisotopic (exact) mass is 427 g/mol. The molecule has 1 aliphatic heterocycles. The van der Waals surface area contributed by atoms with E-state index in [2.05, 4.69) is 39.6 Å². The molecule has 1 saturated heterocycles. The van der Waals surface area contributed by atoms with Crippen LogP contribution in [0.2, 0.25) is 5.02 Å². The van der Waals surface area contributed by atoms with E-state index in [1.807, 2.05) is 18.2 Å². The summed E-state index contributed by atoms with van der Waals surface area (Å²) >= 11 is 6.03. The molecule has 4 rings (SSSR count). The first-order valence-corrected chi connectivity index (χ1v) is 11.2. The first-order valence-electron chi connectivity index (χ1n) is 10.9. The van der Waals surface area contributed by atoms with E-state index in [-0.39, 0.29) is 0 Å². The van der Waals surface area contributed by atoms with E-state index in [0.29, 0.717) is 22.7 Å². The average molecular weight is 428 g/mol. The maximum atomic E-state index is 9.53. The maximum absolute atomic E-state index is 9.53. The molecule has 1 heterocycles. The normalized spacial score (nSPS) is 22.7. The zero-order valence-electron chi connectivity index (χ0n) is 17.3. The van der Waals surface area contributed by atoms with E-state index >= 15 is 0 Å². The number of amidine groups is 1. The van der Waals surface area contributed by atoms with Crippen molar-refractivity contribution in [3.63, 3.8) is 0 Å². The molecule has 2 aromatic carbocycles. The number of morpholine rings is 1. The van der Waals surface area contributed by atoms with Crippen LogP contribution in [0.15, 0.2) is 53.5 Å². The second-order valence-corrected chi connectivity index (χ2v) is 8.70. The molecule has 0 amide bonds. The Balaban J connectivity index is 1.31. The summed E-state index contributed by atoms with van der Waals surface area (Å²) in [6.45, 7) is 3.58. The molecule has 1 saturated carbocycles. The van der Waals surface area contributed by atoms with Crippen molar-refractivity contribution >= 4 is 28.8 Å². The molecule has 0 bridgehead atoms. The molecule has 160 valence electrons. The van der Waals surface area contributed by atoms with Gasteiger partial charge >= 0.3 is 0 Å². The van der Waals surface area contributed by atoms with Crippen LogP contribution in [0, 0.1) is 5.92 Å². The number of halogens is 1. The Kier molecular flexibility index (Phi) is 7.26. The van der Waals surface area contributed by atoms with Crippen molar-refractivity contribution in [2.24, 2.45) is 10.9 Å². The molecule has 1 aliphatic carbocycles. The molecule has 30 heavy (non-hydrogen) atoms. The minimum absolute atomic E-state index is 0.534. The summed E-state index contributed by atoms with van der Waals surface area (Å²) in [6, 6.07) is 16.5. The second kappa shape index (κ2) is 10.3. The van der Waals surface area contributed by atoms with E-state index < -0.39 is 0 Å². The third-order valence-corrected chi connectivity index (χ3v) is 6.51. The maximum Gasteiger partial charge on any atom is 0.126 e. The lowest BCUT2D eigenvalue weighted by Gasteiger charge is -2.31. The van der Waals surface area contributed by atoms with Gasteiger partial charge in [-0.05, 0) is 73.4 Å². The first kappa shape index (κ1) is 21.2. The summed E-state index contributed by atoms with van der Waals surface area (Å²) in [7, 11) is 0. The minimum Gasteiger partial charge on any atom is -0.378 e. The van der Waals surface area contributed by atoms with Crippen LogP contribution in [-0.2, 0) is 4.74 Å². The number of nitrogens with zero attached hydrogens (tertiary/aromatic N) is 2. The molecule has 0 atom stereocenters. The van der Waals surface area contributed by atoms with Crippen molar-refractivity contribution in [3.05, 3.63) is 59.1 Å². The van der Waals surface area contributed by atoms with Crippen LogP contribution in [-0.4, -0.2) is 37.3 Å². The molecule has 6 heteroatoms. The van der Waals surface area contributed by atoms with Crippen LogP contribution in [0.4, 0.5) is 11.4 Å². The predicted octanol–water partition coefficient (Wildman–Crippen LogP) is 5.55. The van der Waals surface area contributed by atoms with Gasteiger partial charge < -0.3 is 9.64 Å². The van der Waals surface area contributed by atoms with Crippen molar-refractivity contribution in [1.82, 2.24) is 5.48 Å². The molecule has 2 aliphatic rings. The van der Waals surface area contributed by atoms with Gasteiger partial charge in [0.15, 0.2) is 0 Å². The molecule has 2 aromatic rings. The summed E-state index contributed by atoms with van der Waals surface area (Å²) in [6.07, 6.45) is 5.40. The smallest absolute Gasteiger partial charge is 0.126 e. The number of rotatable bonds is 5. The third-order valence-electron chi connectivity index (χ3n) is 6.27. The Morgan fingerprint density at radius 3 is 2.47 bits per heavy atom. The fourth-order valence-corrected chi connectivity index (χ4v) is 4.75. The van der Waals surface area contributed by atoms with Crippen molar-refractivity contribution < 1.29 is 9.94 Å². The van der Waals surface area contributed by atoms with E-state index in [9.17, 15) is 5.21 Å². The number of anilines is 1. The van der Waals surface area contributed by atoms with Gasteiger partial charge in [0.2, 0.25) is 0 Å². The van der Waals surface area contributed by atoms with Crippen molar-refractivity contribution in [1.29, 1.82) is 0 Å². The summed E-state index contributed by atoms with van der Waals surface area (Å²) in [5.41, 5.74) is 5.79. The number of hydrogen-bond donors (Lipinski definition) is 2. The number of nitrogens with one attached hydrogen (secondary N) is 1.